The van der Waals surface area contributed by atoms with E-state index in [2.05, 4.69) is 49.3 Å². The van der Waals surface area contributed by atoms with Gasteiger partial charge in [0.25, 0.3) is 0 Å². The van der Waals surface area contributed by atoms with Gasteiger partial charge in [0, 0.05) is 0 Å². The lowest BCUT2D eigenvalue weighted by Gasteiger charge is -2.16. The Labute approximate surface area is 340 Å². The third-order valence-electron chi connectivity index (χ3n) is 7.15. The molecule has 0 aromatic rings. The quantitative estimate of drug-likeness (QED) is 0.263. The first-order valence-corrected chi connectivity index (χ1v) is 28.5. The van der Waals surface area contributed by atoms with Crippen LogP contribution in [0.3, 0.4) is 0 Å². The van der Waals surface area contributed by atoms with Gasteiger partial charge in [-0.25, -0.2) is 0 Å². The van der Waals surface area contributed by atoms with Gasteiger partial charge < -0.3 is 0 Å². The summed E-state index contributed by atoms with van der Waals surface area (Å²) in [6.07, 6.45) is 23.0. The van der Waals surface area contributed by atoms with E-state index >= 15 is 0 Å². The van der Waals surface area contributed by atoms with Crippen molar-refractivity contribution in [1.29, 1.82) is 0 Å². The lowest BCUT2D eigenvalue weighted by atomic mass is 10.00. The van der Waals surface area contributed by atoms with Gasteiger partial charge in [-0.3, -0.25) is 0 Å². The summed E-state index contributed by atoms with van der Waals surface area (Å²) in [7, 11) is 0. The van der Waals surface area contributed by atoms with Gasteiger partial charge in [0.05, 0.1) is 59.3 Å². The van der Waals surface area contributed by atoms with E-state index in [-0.39, 0.29) is 0 Å². The monoisotopic (exact) mass is 896 g/mol. The molecule has 0 saturated carbocycles. The van der Waals surface area contributed by atoms with Gasteiger partial charge in [-0.2, -0.15) is 0 Å². The van der Waals surface area contributed by atoms with E-state index in [1.807, 2.05) is 188 Å². The van der Waals surface area contributed by atoms with Gasteiger partial charge in [-0.15, -0.1) is 47.0 Å². The molecule has 0 aromatic heterocycles. The van der Waals surface area contributed by atoms with Crippen LogP contribution in [0.1, 0.15) is 25.7 Å². The Hall–Kier alpha value is 2.74. The van der Waals surface area contributed by atoms with Gasteiger partial charge >= 0.3 is 0 Å². The Bertz CT molecular complexity index is 1560. The molecule has 6 aliphatic heterocycles. The zero-order valence-corrected chi connectivity index (χ0v) is 37.7. The maximum atomic E-state index is 2.40. The molecule has 0 aromatic carbocycles. The van der Waals surface area contributed by atoms with Crippen molar-refractivity contribution in [2.24, 2.45) is 0 Å². The molecule has 46 heavy (non-hydrogen) atoms. The van der Waals surface area contributed by atoms with Crippen LogP contribution < -0.4 is 0 Å². The summed E-state index contributed by atoms with van der Waals surface area (Å²) in [6, 6.07) is 0. The van der Waals surface area contributed by atoms with E-state index in [0.29, 0.717) is 0 Å². The van der Waals surface area contributed by atoms with E-state index < -0.39 is 0 Å². The molecule has 0 saturated heterocycles. The molecule has 0 N–H and O–H groups in total. The first-order valence-electron chi connectivity index (χ1n) is 13.8. The summed E-state index contributed by atoms with van der Waals surface area (Å²) in [6.45, 7) is 0. The molecule has 8 rings (SSSR count). The molecule has 0 nitrogen and oxygen atoms in total. The molecule has 8 aliphatic rings. The molecule has 0 unspecified atom stereocenters. The normalized spacial score (nSPS) is 25.1. The molecule has 0 bridgehead atoms. The van der Waals surface area contributed by atoms with Crippen LogP contribution in [0.2, 0.25) is 0 Å². The van der Waals surface area contributed by atoms with E-state index in [9.17, 15) is 0 Å². The van der Waals surface area contributed by atoms with Crippen LogP contribution in [0.15, 0.2) is 106 Å². The molecule has 0 fully saturated rings. The number of rotatable bonds is 4. The van der Waals surface area contributed by atoms with Crippen molar-refractivity contribution in [3.05, 3.63) is 106 Å². The highest BCUT2D eigenvalue weighted by Gasteiger charge is 2.38. The Kier molecular flexibility index (Phi) is 12.4. The lowest BCUT2D eigenvalue weighted by molar-refractivity contribution is 0.949. The SMILES string of the molecule is CSC1=C(SC)SC(=C2C=CC(=C3SC4=C(S3)SC(=C3SC5=C(SC(=C6C=CC(=C7SC(SC)=C(SC)S7)CC6)S5)S3)S4)CC2)S1. The minimum absolute atomic E-state index is 1.15. The van der Waals surface area contributed by atoms with Crippen molar-refractivity contribution in [3.63, 3.8) is 0 Å². The molecule has 0 spiro atoms. The topological polar surface area (TPSA) is 0 Å². The van der Waals surface area contributed by atoms with Crippen LogP contribution in [0.25, 0.3) is 0 Å². The van der Waals surface area contributed by atoms with Crippen molar-refractivity contribution < 1.29 is 0 Å². The van der Waals surface area contributed by atoms with Crippen molar-refractivity contribution in [2.75, 3.05) is 25.0 Å². The smallest absolute Gasteiger partial charge is 0.0718 e. The first kappa shape index (κ1) is 35.8. The highest BCUT2D eigenvalue weighted by atomic mass is 32.3. The van der Waals surface area contributed by atoms with Crippen molar-refractivity contribution >= 4 is 188 Å². The predicted molar refractivity (Wildman–Crippen MR) is 245 cm³/mol. The summed E-state index contributed by atoms with van der Waals surface area (Å²) in [5.74, 6) is 0. The van der Waals surface area contributed by atoms with Gasteiger partial charge in [-0.05, 0) is 73.0 Å². The minimum atomic E-state index is 1.15. The van der Waals surface area contributed by atoms with Gasteiger partial charge in [0.1, 0.15) is 0 Å². The van der Waals surface area contributed by atoms with E-state index in [0.717, 1.165) is 25.7 Å². The van der Waals surface area contributed by atoms with Crippen molar-refractivity contribution in [2.45, 2.75) is 25.7 Å². The molecular weight excluding hydrogens is 873 g/mol. The molecule has 0 radical (unpaired) electrons. The highest BCUT2D eigenvalue weighted by Crippen LogP contribution is 2.74. The fourth-order valence-electron chi connectivity index (χ4n) is 4.86. The second-order valence-electron chi connectivity index (χ2n) is 9.83. The van der Waals surface area contributed by atoms with Crippen LogP contribution in [0.5, 0.6) is 0 Å². The fourth-order valence-corrected chi connectivity index (χ4v) is 28.2. The summed E-state index contributed by atoms with van der Waals surface area (Å²) in [5.41, 5.74) is 6.07. The maximum absolute atomic E-state index is 2.40. The third-order valence-corrected chi connectivity index (χ3v) is 29.8. The minimum Gasteiger partial charge on any atom is -0.121 e. The van der Waals surface area contributed by atoms with Crippen LogP contribution in [0.4, 0.5) is 0 Å². The summed E-state index contributed by atoms with van der Waals surface area (Å²) in [4.78, 5) is 0. The van der Waals surface area contributed by atoms with Gasteiger partial charge in [-0.1, -0.05) is 165 Å². The molecule has 0 atom stereocenters. The Morgan fingerprint density at radius 1 is 0.304 bits per heavy atom. The molecule has 0 amide bonds. The van der Waals surface area contributed by atoms with E-state index in [1.165, 1.54) is 81.6 Å². The molecule has 16 heteroatoms. The largest absolute Gasteiger partial charge is 0.121 e. The maximum Gasteiger partial charge on any atom is 0.0718 e. The third kappa shape index (κ3) is 7.43. The summed E-state index contributed by atoms with van der Waals surface area (Å²) in [5, 5.41) is 0. The lowest BCUT2D eigenvalue weighted by Crippen LogP contribution is -1.93. The second-order valence-corrected chi connectivity index (χ2v) is 29.0. The van der Waals surface area contributed by atoms with Crippen LogP contribution in [-0.4, -0.2) is 25.0 Å². The van der Waals surface area contributed by atoms with Crippen LogP contribution in [0, 0.1) is 0 Å². The number of thioether (sulfide) groups is 16. The number of hydrogen-bond acceptors (Lipinski definition) is 16. The van der Waals surface area contributed by atoms with Crippen LogP contribution in [-0.2, 0) is 0 Å². The molecular formula is C30H24S16. The molecule has 240 valence electrons. The van der Waals surface area contributed by atoms with Crippen molar-refractivity contribution in [1.82, 2.24) is 0 Å². The van der Waals surface area contributed by atoms with Gasteiger partial charge in [0.2, 0.25) is 0 Å². The first-order chi connectivity index (χ1) is 22.5. The highest BCUT2D eigenvalue weighted by molar-refractivity contribution is 8.51. The standard InChI is InChI=1S/C30H24S16/c1-31-21-22(32-2)36-17(35-21)13-5-9-15(10-6-13)19-39-25-26(40-19)44-29(43-25)30-45-27-28(46-30)42-20(41-27)16-11-7-14(8-12-16)18-37-23(33-3)24(34-4)38-18/h5,7,9,11H,6,8,10,12H2,1-4H3. The zero-order valence-electron chi connectivity index (χ0n) is 24.7. The Morgan fingerprint density at radius 2 is 0.500 bits per heavy atom. The number of hydrogen-bond donors (Lipinski definition) is 0. The van der Waals surface area contributed by atoms with Crippen molar-refractivity contribution in [3.8, 4) is 0 Å². The van der Waals surface area contributed by atoms with E-state index in [1.54, 1.807) is 0 Å². The average Bonchev–Trinajstić information content (AvgIpc) is 3.92. The average molecular weight is 898 g/mol. The van der Waals surface area contributed by atoms with E-state index in [4.69, 9.17) is 0 Å². The summed E-state index contributed by atoms with van der Waals surface area (Å²) < 4.78 is 20.8. The predicted octanol–water partition coefficient (Wildman–Crippen LogP) is 16.5. The van der Waals surface area contributed by atoms with Gasteiger partial charge in [0.15, 0.2) is 0 Å². The Morgan fingerprint density at radius 3 is 0.696 bits per heavy atom. The summed E-state index contributed by atoms with van der Waals surface area (Å²) >= 11 is 31.5. The second kappa shape index (κ2) is 16.0. The zero-order chi connectivity index (χ0) is 31.4. The molecule has 6 heterocycles. The fraction of sp³-hybridized carbons (Fsp3) is 0.267. The molecule has 2 aliphatic carbocycles. The Balaban J connectivity index is 0.865. The van der Waals surface area contributed by atoms with Crippen LogP contribution >= 0.6 is 188 Å². The number of allylic oxidation sites excluding steroid dienone is 8.